The summed E-state index contributed by atoms with van der Waals surface area (Å²) in [6, 6.07) is 0. The van der Waals surface area contributed by atoms with E-state index in [1.54, 1.807) is 20.8 Å². The molecule has 0 saturated carbocycles. The molecule has 2 heteroatoms. The minimum Gasteiger partial charge on any atom is -0.816 e. The highest BCUT2D eigenvalue weighted by Crippen LogP contribution is 2.09. The Morgan fingerprint density at radius 2 is 1.57 bits per heavy atom. The highest BCUT2D eigenvalue weighted by Gasteiger charge is 2.18. The molecule has 2 radical (unpaired) electrons. The van der Waals surface area contributed by atoms with E-state index in [1.165, 1.54) is 0 Å². The molecule has 0 N–H and O–H groups in total. The Labute approximate surface area is 43.7 Å². The molecule has 0 unspecified atom stereocenters. The summed E-state index contributed by atoms with van der Waals surface area (Å²) in [5, 5.41) is 18.3. The lowest BCUT2D eigenvalue weighted by Gasteiger charge is -2.11. The van der Waals surface area contributed by atoms with E-state index in [1.807, 2.05) is 0 Å². The van der Waals surface area contributed by atoms with Crippen LogP contribution < -0.4 is 10.5 Å². The van der Waals surface area contributed by atoms with Gasteiger partial charge < -0.3 is 5.11 Å². The summed E-state index contributed by atoms with van der Waals surface area (Å²) in [5.74, 6) is -0.757. The molecule has 7 heavy (non-hydrogen) atoms. The van der Waals surface area contributed by atoms with Crippen LogP contribution in [0, 0.1) is 5.41 Å². The Bertz CT molecular complexity index is 80.6. The van der Waals surface area contributed by atoms with Crippen molar-refractivity contribution in [3.63, 3.8) is 0 Å². The molecule has 2 nitrogen and oxygen atoms in total. The quantitative estimate of drug-likeness (QED) is 0.301. The van der Waals surface area contributed by atoms with E-state index < -0.39 is 11.3 Å². The topological polar surface area (TPSA) is 45.4 Å². The van der Waals surface area contributed by atoms with Crippen molar-refractivity contribution in [1.82, 2.24) is 5.41 Å². The van der Waals surface area contributed by atoms with Crippen molar-refractivity contribution in [2.45, 2.75) is 20.8 Å². The third kappa shape index (κ3) is 2.20. The zero-order valence-electron chi connectivity index (χ0n) is 4.86. The van der Waals surface area contributed by atoms with E-state index in [0.29, 0.717) is 0 Å². The zero-order chi connectivity index (χ0) is 6.08. The number of rotatable bonds is 0. The van der Waals surface area contributed by atoms with E-state index in [0.717, 1.165) is 0 Å². The predicted molar refractivity (Wildman–Crippen MR) is 26.6 cm³/mol. The summed E-state index contributed by atoms with van der Waals surface area (Å²) < 4.78 is 0. The summed E-state index contributed by atoms with van der Waals surface area (Å²) in [6.45, 7) is 4.99. The van der Waals surface area contributed by atoms with Gasteiger partial charge in [-0.15, -0.1) is 0 Å². The molecule has 0 amide bonds. The minimum absolute atomic E-state index is 0.583. The lowest BCUT2D eigenvalue weighted by molar-refractivity contribution is -0.228. The Hall–Kier alpha value is -0.530. The fourth-order valence-corrected chi connectivity index (χ4v) is 0. The van der Waals surface area contributed by atoms with Gasteiger partial charge in [0.15, 0.2) is 0 Å². The summed E-state index contributed by atoms with van der Waals surface area (Å²) in [7, 11) is 0. The fourth-order valence-electron chi connectivity index (χ4n) is 0. The summed E-state index contributed by atoms with van der Waals surface area (Å²) in [5.41, 5.74) is -0.583. The third-order valence-corrected chi connectivity index (χ3v) is 0.642. The van der Waals surface area contributed by atoms with Crippen LogP contribution in [0.2, 0.25) is 0 Å². The maximum atomic E-state index is 10.0. The summed E-state index contributed by atoms with van der Waals surface area (Å²) in [4.78, 5) is 0. The minimum atomic E-state index is -0.757. The largest absolute Gasteiger partial charge is 0.816 e. The molecule has 0 spiro atoms. The van der Waals surface area contributed by atoms with Crippen LogP contribution in [0.3, 0.4) is 0 Å². The standard InChI is InChI=1S/C5H10NO/c1-5(2,3)4(6)7/h7H,1-3H3/q+1/p-1. The lowest BCUT2D eigenvalue weighted by atomic mass is 9.97. The average Bonchev–Trinajstić information content (AvgIpc) is 1.31. The van der Waals surface area contributed by atoms with E-state index in [-0.39, 0.29) is 0 Å². The normalized spacial score (nSPS) is 11.3. The molecule has 40 valence electrons. The number of hydrogen-bond donors (Lipinski definition) is 0. The molecule has 0 aromatic rings. The molecular weight excluding hydrogens is 90.1 g/mol. The van der Waals surface area contributed by atoms with Crippen LogP contribution in [0.15, 0.2) is 0 Å². The van der Waals surface area contributed by atoms with Gasteiger partial charge in [-0.25, -0.2) is 0 Å². The first kappa shape index (κ1) is 6.47. The molecule has 0 rings (SSSR count). The zero-order valence-corrected chi connectivity index (χ0v) is 4.86. The van der Waals surface area contributed by atoms with Gasteiger partial charge in [-0.3, -0.25) is 0 Å². The highest BCUT2D eigenvalue weighted by atomic mass is 16.3. The van der Waals surface area contributed by atoms with Crippen LogP contribution >= 0.6 is 0 Å². The van der Waals surface area contributed by atoms with Gasteiger partial charge in [-0.2, -0.15) is 0 Å². The van der Waals surface area contributed by atoms with Crippen molar-refractivity contribution in [1.29, 1.82) is 0 Å². The molecular formula is C5H9NO. The predicted octanol–water partition coefficient (Wildman–Crippen LogP) is -0.409. The van der Waals surface area contributed by atoms with Crippen molar-refractivity contribution in [2.24, 2.45) is 5.41 Å². The van der Waals surface area contributed by atoms with Crippen LogP contribution in [-0.2, 0) is 0 Å². The SMILES string of the molecule is CC(C)(C)C(=[N+])[O-]. The van der Waals surface area contributed by atoms with Crippen LogP contribution in [-0.4, -0.2) is 5.90 Å². The molecule has 0 heterocycles. The number of nitrogens with zero attached hydrogens (tertiary/aromatic N) is 1. The van der Waals surface area contributed by atoms with Gasteiger partial charge in [0.05, 0.1) is 0 Å². The second-order valence-electron chi connectivity index (χ2n) is 2.56. The van der Waals surface area contributed by atoms with Crippen molar-refractivity contribution < 1.29 is 5.11 Å². The third-order valence-electron chi connectivity index (χ3n) is 0.642. The van der Waals surface area contributed by atoms with Crippen molar-refractivity contribution in [2.75, 3.05) is 0 Å². The molecule has 0 saturated heterocycles. The lowest BCUT2D eigenvalue weighted by Crippen LogP contribution is -2.33. The maximum Gasteiger partial charge on any atom is 0.407 e. The fraction of sp³-hybridized carbons (Fsp3) is 0.800. The van der Waals surface area contributed by atoms with Crippen LogP contribution in [0.5, 0.6) is 0 Å². The first-order valence-electron chi connectivity index (χ1n) is 2.18. The van der Waals surface area contributed by atoms with Gasteiger partial charge >= 0.3 is 5.41 Å². The highest BCUT2D eigenvalue weighted by molar-refractivity contribution is 5.74. The second kappa shape index (κ2) is 1.52. The number of hydrogen-bond acceptors (Lipinski definition) is 1. The van der Waals surface area contributed by atoms with E-state index in [2.05, 4.69) is 0 Å². The van der Waals surface area contributed by atoms with Crippen molar-refractivity contribution >= 4 is 5.90 Å². The van der Waals surface area contributed by atoms with Gasteiger partial charge in [-0.1, -0.05) is 20.8 Å². The monoisotopic (exact) mass is 99.1 g/mol. The van der Waals surface area contributed by atoms with Gasteiger partial charge in [-0.05, 0) is 0 Å². The molecule has 0 aromatic heterocycles. The van der Waals surface area contributed by atoms with Crippen LogP contribution in [0.4, 0.5) is 0 Å². The molecule has 0 fully saturated rings. The van der Waals surface area contributed by atoms with Gasteiger partial charge in [0.25, 0.3) is 5.90 Å². The molecule has 0 atom stereocenters. The van der Waals surface area contributed by atoms with Crippen molar-refractivity contribution in [3.05, 3.63) is 0 Å². The molecule has 0 aliphatic heterocycles. The molecule has 0 aliphatic carbocycles. The van der Waals surface area contributed by atoms with E-state index in [4.69, 9.17) is 5.41 Å². The van der Waals surface area contributed by atoms with Crippen molar-refractivity contribution in [3.8, 4) is 0 Å². The van der Waals surface area contributed by atoms with E-state index in [9.17, 15) is 5.11 Å². The first-order chi connectivity index (χ1) is 2.94. The van der Waals surface area contributed by atoms with Gasteiger partial charge in [0.2, 0.25) is 0 Å². The Morgan fingerprint density at radius 3 is 1.57 bits per heavy atom. The first-order valence-corrected chi connectivity index (χ1v) is 2.18. The maximum absolute atomic E-state index is 10.0. The second-order valence-corrected chi connectivity index (χ2v) is 2.56. The molecule has 0 aliphatic rings. The van der Waals surface area contributed by atoms with Crippen LogP contribution in [0.25, 0.3) is 0 Å². The smallest absolute Gasteiger partial charge is 0.407 e. The van der Waals surface area contributed by atoms with Gasteiger partial charge in [0.1, 0.15) is 0 Å². The Balaban J connectivity index is 3.79. The van der Waals surface area contributed by atoms with Crippen LogP contribution in [0.1, 0.15) is 20.8 Å². The molecule has 0 bridgehead atoms. The van der Waals surface area contributed by atoms with E-state index >= 15 is 0 Å². The van der Waals surface area contributed by atoms with Gasteiger partial charge in [0, 0.05) is 5.41 Å². The molecule has 0 aromatic carbocycles. The summed E-state index contributed by atoms with van der Waals surface area (Å²) in [6.07, 6.45) is 0. The Morgan fingerprint density at radius 1 is 1.43 bits per heavy atom. The summed E-state index contributed by atoms with van der Waals surface area (Å²) >= 11 is 0. The average molecular weight is 99.1 g/mol. The Kier molecular flexibility index (Phi) is 1.41.